The van der Waals surface area contributed by atoms with Crippen LogP contribution >= 0.6 is 0 Å². The van der Waals surface area contributed by atoms with Crippen molar-refractivity contribution in [3.8, 4) is 44.5 Å². The molecule has 0 saturated heterocycles. The van der Waals surface area contributed by atoms with E-state index in [1.165, 1.54) is 33.0 Å². The van der Waals surface area contributed by atoms with E-state index in [-0.39, 0.29) is 0 Å². The molecule has 0 fully saturated rings. The second-order valence-electron chi connectivity index (χ2n) is 13.7. The molecule has 0 unspecified atom stereocenters. The summed E-state index contributed by atoms with van der Waals surface area (Å²) in [4.78, 5) is 2.33. The molecular formula is C52H35NO. The molecule has 0 atom stereocenters. The Morgan fingerprint density at radius 3 is 1.43 bits per heavy atom. The topological polar surface area (TPSA) is 16.4 Å². The summed E-state index contributed by atoms with van der Waals surface area (Å²) in [6.07, 6.45) is 0. The molecule has 1 aromatic heterocycles. The Morgan fingerprint density at radius 1 is 0.315 bits per heavy atom. The van der Waals surface area contributed by atoms with Crippen LogP contribution in [0.25, 0.3) is 77.2 Å². The summed E-state index contributed by atoms with van der Waals surface area (Å²) < 4.78 is 7.21. The van der Waals surface area contributed by atoms with Gasteiger partial charge in [0.1, 0.15) is 5.58 Å². The summed E-state index contributed by atoms with van der Waals surface area (Å²) in [5.74, 6) is 0. The van der Waals surface area contributed by atoms with Crippen molar-refractivity contribution in [2.45, 2.75) is 0 Å². The molecule has 0 N–H and O–H groups in total. The summed E-state index contributed by atoms with van der Waals surface area (Å²) >= 11 is 0. The van der Waals surface area contributed by atoms with Gasteiger partial charge in [-0.25, -0.2) is 0 Å². The number of para-hydroxylation sites is 1. The number of fused-ring (bicyclic) bond motifs is 4. The Bertz CT molecular complexity index is 2810. The summed E-state index contributed by atoms with van der Waals surface area (Å²) in [6, 6.07) is 75.6. The zero-order chi connectivity index (χ0) is 35.8. The van der Waals surface area contributed by atoms with Gasteiger partial charge in [0, 0.05) is 27.7 Å². The van der Waals surface area contributed by atoms with Crippen molar-refractivity contribution in [3.05, 3.63) is 212 Å². The Balaban J connectivity index is 1.20. The van der Waals surface area contributed by atoms with Gasteiger partial charge < -0.3 is 9.32 Å². The third kappa shape index (κ3) is 5.62. The molecule has 10 rings (SSSR count). The maximum atomic E-state index is 7.21. The van der Waals surface area contributed by atoms with Crippen LogP contribution in [0.2, 0.25) is 0 Å². The SMILES string of the molecule is c1ccc(-c2ccc(N(c3ccc(-c4ccccc4)cc3)c3cccc4c3oc3c(-c5ccc6ccccc6c5)ccc(-c5ccccc5)c34)cc2)cc1. The van der Waals surface area contributed by atoms with Gasteiger partial charge in [0.25, 0.3) is 0 Å². The standard InChI is InChI=1S/C52H35NO/c1-4-13-36(14-5-1)39-25-29-44(30-26-39)53(45-31-27-40(28-32-45)37-15-6-2-7-16-37)49-22-12-21-48-50-46(41-18-8-3-9-19-41)33-34-47(52(50)54-51(48)49)43-24-23-38-17-10-11-20-42(38)35-43/h1-35H. The molecule has 0 aliphatic rings. The highest BCUT2D eigenvalue weighted by Crippen LogP contribution is 2.47. The fraction of sp³-hybridized carbons (Fsp3) is 0. The van der Waals surface area contributed by atoms with Crippen LogP contribution in [0.4, 0.5) is 17.1 Å². The normalized spacial score (nSPS) is 11.3. The molecule has 0 bridgehead atoms. The summed E-state index contributed by atoms with van der Waals surface area (Å²) in [7, 11) is 0. The van der Waals surface area contributed by atoms with Crippen molar-refractivity contribution in [3.63, 3.8) is 0 Å². The summed E-state index contributed by atoms with van der Waals surface area (Å²) in [5.41, 5.74) is 14.0. The van der Waals surface area contributed by atoms with E-state index in [0.29, 0.717) is 0 Å². The molecule has 0 aliphatic heterocycles. The van der Waals surface area contributed by atoms with E-state index in [4.69, 9.17) is 4.42 Å². The third-order valence-corrected chi connectivity index (χ3v) is 10.5. The number of hydrogen-bond donors (Lipinski definition) is 0. The monoisotopic (exact) mass is 689 g/mol. The van der Waals surface area contributed by atoms with E-state index in [9.17, 15) is 0 Å². The lowest BCUT2D eigenvalue weighted by molar-refractivity contribution is 0.670. The highest BCUT2D eigenvalue weighted by atomic mass is 16.3. The first kappa shape index (κ1) is 31.6. The van der Waals surface area contributed by atoms with E-state index in [0.717, 1.165) is 61.3 Å². The smallest absolute Gasteiger partial charge is 0.159 e. The fourth-order valence-electron chi connectivity index (χ4n) is 7.80. The minimum atomic E-state index is 0.845. The van der Waals surface area contributed by atoms with E-state index >= 15 is 0 Å². The van der Waals surface area contributed by atoms with Crippen LogP contribution in [0.3, 0.4) is 0 Å². The lowest BCUT2D eigenvalue weighted by atomic mass is 9.94. The van der Waals surface area contributed by atoms with Crippen molar-refractivity contribution < 1.29 is 4.42 Å². The predicted octanol–water partition coefficient (Wildman–Crippen LogP) is 14.9. The van der Waals surface area contributed by atoms with Gasteiger partial charge in [-0.1, -0.05) is 170 Å². The average molecular weight is 690 g/mol. The number of hydrogen-bond acceptors (Lipinski definition) is 2. The minimum absolute atomic E-state index is 0.845. The largest absolute Gasteiger partial charge is 0.453 e. The molecule has 2 nitrogen and oxygen atoms in total. The number of benzene rings is 9. The average Bonchev–Trinajstić information content (AvgIpc) is 3.65. The van der Waals surface area contributed by atoms with Gasteiger partial charge in [-0.15, -0.1) is 0 Å². The Kier molecular flexibility index (Phi) is 7.85. The molecular weight excluding hydrogens is 655 g/mol. The first-order valence-corrected chi connectivity index (χ1v) is 18.4. The van der Waals surface area contributed by atoms with Gasteiger partial charge in [-0.2, -0.15) is 0 Å². The van der Waals surface area contributed by atoms with Crippen LogP contribution in [-0.2, 0) is 0 Å². The molecule has 0 saturated carbocycles. The van der Waals surface area contributed by atoms with Crippen LogP contribution in [0.1, 0.15) is 0 Å². The molecule has 9 aromatic carbocycles. The highest BCUT2D eigenvalue weighted by molar-refractivity contribution is 6.19. The minimum Gasteiger partial charge on any atom is -0.453 e. The first-order valence-electron chi connectivity index (χ1n) is 18.4. The molecule has 2 heteroatoms. The van der Waals surface area contributed by atoms with Gasteiger partial charge in [-0.3, -0.25) is 0 Å². The number of nitrogens with zero attached hydrogens (tertiary/aromatic N) is 1. The molecule has 254 valence electrons. The third-order valence-electron chi connectivity index (χ3n) is 10.5. The van der Waals surface area contributed by atoms with Crippen LogP contribution in [0, 0.1) is 0 Å². The Labute approximate surface area is 314 Å². The number of rotatable bonds is 7. The second-order valence-corrected chi connectivity index (χ2v) is 13.7. The summed E-state index contributed by atoms with van der Waals surface area (Å²) in [6.45, 7) is 0. The molecule has 0 amide bonds. The van der Waals surface area contributed by atoms with Crippen LogP contribution in [0.15, 0.2) is 217 Å². The van der Waals surface area contributed by atoms with Gasteiger partial charge >= 0.3 is 0 Å². The van der Waals surface area contributed by atoms with E-state index in [1.54, 1.807) is 0 Å². The van der Waals surface area contributed by atoms with Crippen molar-refractivity contribution in [1.82, 2.24) is 0 Å². The summed E-state index contributed by atoms with van der Waals surface area (Å²) in [5, 5.41) is 4.62. The van der Waals surface area contributed by atoms with E-state index < -0.39 is 0 Å². The lowest BCUT2D eigenvalue weighted by Crippen LogP contribution is -2.10. The molecule has 0 spiro atoms. The lowest BCUT2D eigenvalue weighted by Gasteiger charge is -2.26. The zero-order valence-electron chi connectivity index (χ0n) is 29.6. The maximum Gasteiger partial charge on any atom is 0.159 e. The fourth-order valence-corrected chi connectivity index (χ4v) is 7.80. The second kappa shape index (κ2) is 13.4. The molecule has 0 radical (unpaired) electrons. The van der Waals surface area contributed by atoms with Crippen molar-refractivity contribution in [1.29, 1.82) is 0 Å². The zero-order valence-corrected chi connectivity index (χ0v) is 29.6. The molecule has 54 heavy (non-hydrogen) atoms. The van der Waals surface area contributed by atoms with E-state index in [1.807, 2.05) is 0 Å². The maximum absolute atomic E-state index is 7.21. The molecule has 0 aliphatic carbocycles. The first-order chi connectivity index (χ1) is 26.8. The molecule has 1 heterocycles. The number of furan rings is 1. The van der Waals surface area contributed by atoms with Gasteiger partial charge in [0.2, 0.25) is 0 Å². The van der Waals surface area contributed by atoms with Crippen LogP contribution in [-0.4, -0.2) is 0 Å². The quantitative estimate of drug-likeness (QED) is 0.166. The van der Waals surface area contributed by atoms with Crippen molar-refractivity contribution in [2.75, 3.05) is 4.90 Å². The van der Waals surface area contributed by atoms with E-state index in [2.05, 4.69) is 217 Å². The van der Waals surface area contributed by atoms with Crippen LogP contribution in [0.5, 0.6) is 0 Å². The van der Waals surface area contributed by atoms with Crippen LogP contribution < -0.4 is 4.90 Å². The van der Waals surface area contributed by atoms with Crippen molar-refractivity contribution >= 4 is 49.8 Å². The highest BCUT2D eigenvalue weighted by Gasteiger charge is 2.23. The Hall–Kier alpha value is -7.16. The van der Waals surface area contributed by atoms with Crippen molar-refractivity contribution in [2.24, 2.45) is 0 Å². The van der Waals surface area contributed by atoms with Gasteiger partial charge in [0.05, 0.1) is 5.69 Å². The van der Waals surface area contributed by atoms with Gasteiger partial charge in [0.15, 0.2) is 5.58 Å². The Morgan fingerprint density at radius 2 is 0.815 bits per heavy atom. The predicted molar refractivity (Wildman–Crippen MR) is 228 cm³/mol. The number of anilines is 3. The van der Waals surface area contributed by atoms with Gasteiger partial charge in [-0.05, 0) is 92.2 Å². The molecule has 10 aromatic rings.